The van der Waals surface area contributed by atoms with Crippen molar-refractivity contribution in [2.24, 2.45) is 0 Å². The van der Waals surface area contributed by atoms with E-state index in [1.807, 2.05) is 36.4 Å². The van der Waals surface area contributed by atoms with Crippen molar-refractivity contribution in [2.45, 2.75) is 18.9 Å². The average Bonchev–Trinajstić information content (AvgIpc) is 3.49. The molecular weight excluding hydrogens is 430 g/mol. The van der Waals surface area contributed by atoms with Crippen molar-refractivity contribution in [1.29, 1.82) is 0 Å². The maximum absolute atomic E-state index is 12.9. The summed E-state index contributed by atoms with van der Waals surface area (Å²) in [6.45, 7) is 0.490. The van der Waals surface area contributed by atoms with Crippen LogP contribution < -0.4 is 20.1 Å². The molecule has 1 saturated heterocycles. The monoisotopic (exact) mass is 453 g/mol. The van der Waals surface area contributed by atoms with Crippen LogP contribution in [0.25, 0.3) is 10.6 Å². The van der Waals surface area contributed by atoms with Crippen molar-refractivity contribution in [3.05, 3.63) is 48.5 Å². The SMILES string of the molecule is COc1cccc(-c2nnc(NC(=O)C3CCCN3C(=O)Nc3ccccc3OC)s2)c1. The third-order valence-corrected chi connectivity index (χ3v) is 6.02. The van der Waals surface area contributed by atoms with Gasteiger partial charge in [0, 0.05) is 12.1 Å². The summed E-state index contributed by atoms with van der Waals surface area (Å²) < 4.78 is 10.5. The Bertz CT molecular complexity index is 1120. The number of carbonyl (C=O) groups is 2. The standard InChI is InChI=1S/C22H23N5O4S/c1-30-15-8-5-7-14(13-15)20-25-26-21(32-20)24-19(28)17-10-6-12-27(17)22(29)23-16-9-3-4-11-18(16)31-2/h3-5,7-9,11,13,17H,6,10,12H2,1-2H3,(H,23,29)(H,24,26,28). The first-order chi connectivity index (χ1) is 15.6. The topological polar surface area (TPSA) is 106 Å². The number of aromatic nitrogens is 2. The largest absolute Gasteiger partial charge is 0.497 e. The molecule has 1 atom stereocenters. The Morgan fingerprint density at radius 3 is 2.72 bits per heavy atom. The van der Waals surface area contributed by atoms with Crippen LogP contribution >= 0.6 is 11.3 Å². The Labute approximate surface area is 189 Å². The number of carbonyl (C=O) groups excluding carboxylic acids is 2. The minimum Gasteiger partial charge on any atom is -0.497 e. The van der Waals surface area contributed by atoms with Gasteiger partial charge in [-0.25, -0.2) is 4.79 Å². The molecule has 2 heterocycles. The van der Waals surface area contributed by atoms with Gasteiger partial charge in [0.05, 0.1) is 19.9 Å². The number of ether oxygens (including phenoxy) is 2. The number of hydrogen-bond donors (Lipinski definition) is 2. The van der Waals surface area contributed by atoms with Crippen LogP contribution in [0.15, 0.2) is 48.5 Å². The number of benzene rings is 2. The number of urea groups is 1. The van der Waals surface area contributed by atoms with E-state index >= 15 is 0 Å². The first kappa shape index (κ1) is 21.6. The molecule has 0 bridgehead atoms. The van der Waals surface area contributed by atoms with Crippen LogP contribution in [0.5, 0.6) is 11.5 Å². The van der Waals surface area contributed by atoms with Crippen LogP contribution in [0.1, 0.15) is 12.8 Å². The summed E-state index contributed by atoms with van der Waals surface area (Å²) in [5.74, 6) is 0.983. The summed E-state index contributed by atoms with van der Waals surface area (Å²) in [5, 5.41) is 14.9. The second-order valence-corrected chi connectivity index (χ2v) is 8.09. The molecule has 2 aromatic carbocycles. The van der Waals surface area contributed by atoms with Crippen molar-refractivity contribution in [3.8, 4) is 22.1 Å². The zero-order valence-electron chi connectivity index (χ0n) is 17.7. The Hall–Kier alpha value is -3.66. The molecule has 0 saturated carbocycles. The number of amides is 3. The van der Waals surface area contributed by atoms with Crippen LogP contribution in [0.3, 0.4) is 0 Å². The second-order valence-electron chi connectivity index (χ2n) is 7.12. The molecule has 3 aromatic rings. The molecule has 1 aliphatic rings. The molecule has 4 rings (SSSR count). The van der Waals surface area contributed by atoms with Gasteiger partial charge in [0.25, 0.3) is 0 Å². The summed E-state index contributed by atoms with van der Waals surface area (Å²) in [7, 11) is 3.14. The molecule has 1 fully saturated rings. The fourth-order valence-electron chi connectivity index (χ4n) is 3.55. The predicted octanol–water partition coefficient (Wildman–Crippen LogP) is 3.86. The highest BCUT2D eigenvalue weighted by molar-refractivity contribution is 7.18. The van der Waals surface area contributed by atoms with Crippen molar-refractivity contribution >= 4 is 34.1 Å². The molecule has 1 aliphatic heterocycles. The second kappa shape index (κ2) is 9.65. The summed E-state index contributed by atoms with van der Waals surface area (Å²) >= 11 is 1.26. The maximum Gasteiger partial charge on any atom is 0.322 e. The van der Waals surface area contributed by atoms with Gasteiger partial charge >= 0.3 is 6.03 Å². The van der Waals surface area contributed by atoms with Crippen LogP contribution in [0.4, 0.5) is 15.6 Å². The molecule has 2 N–H and O–H groups in total. The highest BCUT2D eigenvalue weighted by Gasteiger charge is 2.35. The number of anilines is 2. The van der Waals surface area contributed by atoms with E-state index < -0.39 is 6.04 Å². The van der Waals surface area contributed by atoms with E-state index in [1.54, 1.807) is 26.4 Å². The Kier molecular flexibility index (Phi) is 6.50. The molecule has 0 radical (unpaired) electrons. The lowest BCUT2D eigenvalue weighted by molar-refractivity contribution is -0.119. The highest BCUT2D eigenvalue weighted by atomic mass is 32.1. The van der Waals surface area contributed by atoms with Gasteiger partial charge in [-0.1, -0.05) is 35.6 Å². The fraction of sp³-hybridized carbons (Fsp3) is 0.273. The van der Waals surface area contributed by atoms with E-state index in [9.17, 15) is 9.59 Å². The quantitative estimate of drug-likeness (QED) is 0.587. The molecule has 32 heavy (non-hydrogen) atoms. The molecule has 1 unspecified atom stereocenters. The van der Waals surface area contributed by atoms with E-state index in [0.717, 1.165) is 12.0 Å². The number of nitrogens with one attached hydrogen (secondary N) is 2. The van der Waals surface area contributed by atoms with Gasteiger partial charge in [-0.05, 0) is 37.1 Å². The van der Waals surface area contributed by atoms with Gasteiger partial charge in [-0.15, -0.1) is 10.2 Å². The van der Waals surface area contributed by atoms with Gasteiger partial charge in [0.15, 0.2) is 0 Å². The smallest absolute Gasteiger partial charge is 0.322 e. The number of hydrogen-bond acceptors (Lipinski definition) is 7. The first-order valence-electron chi connectivity index (χ1n) is 10.1. The molecule has 1 aromatic heterocycles. The molecule has 3 amide bonds. The van der Waals surface area contributed by atoms with Gasteiger partial charge in [0.1, 0.15) is 22.5 Å². The number of methoxy groups -OCH3 is 2. The number of para-hydroxylation sites is 2. The third-order valence-electron chi connectivity index (χ3n) is 5.14. The Morgan fingerprint density at radius 1 is 1.06 bits per heavy atom. The Balaban J connectivity index is 1.43. The fourth-order valence-corrected chi connectivity index (χ4v) is 4.30. The third kappa shape index (κ3) is 4.65. The van der Waals surface area contributed by atoms with Crippen molar-refractivity contribution in [3.63, 3.8) is 0 Å². The van der Waals surface area contributed by atoms with Crippen molar-refractivity contribution in [2.75, 3.05) is 31.4 Å². The zero-order valence-corrected chi connectivity index (χ0v) is 18.5. The summed E-state index contributed by atoms with van der Waals surface area (Å²) in [5.41, 5.74) is 1.40. The normalized spacial score (nSPS) is 15.3. The van der Waals surface area contributed by atoms with Gasteiger partial charge < -0.3 is 19.7 Å². The number of likely N-dealkylation sites (tertiary alicyclic amines) is 1. The highest BCUT2D eigenvalue weighted by Crippen LogP contribution is 2.30. The van der Waals surface area contributed by atoms with Crippen LogP contribution in [0.2, 0.25) is 0 Å². The first-order valence-corrected chi connectivity index (χ1v) is 10.9. The molecule has 166 valence electrons. The summed E-state index contributed by atoms with van der Waals surface area (Å²) in [6, 6.07) is 13.7. The van der Waals surface area contributed by atoms with Crippen molar-refractivity contribution < 1.29 is 19.1 Å². The average molecular weight is 454 g/mol. The number of nitrogens with zero attached hydrogens (tertiary/aromatic N) is 3. The maximum atomic E-state index is 12.9. The molecule has 10 heteroatoms. The zero-order chi connectivity index (χ0) is 22.5. The van der Waals surface area contributed by atoms with Crippen LogP contribution in [0, 0.1) is 0 Å². The number of rotatable bonds is 6. The van der Waals surface area contributed by atoms with Gasteiger partial charge in [0.2, 0.25) is 11.0 Å². The Morgan fingerprint density at radius 2 is 1.91 bits per heavy atom. The lowest BCUT2D eigenvalue weighted by atomic mass is 10.2. The predicted molar refractivity (Wildman–Crippen MR) is 122 cm³/mol. The van der Waals surface area contributed by atoms with Gasteiger partial charge in [-0.3, -0.25) is 10.1 Å². The minimum atomic E-state index is -0.589. The van der Waals surface area contributed by atoms with Crippen molar-refractivity contribution in [1.82, 2.24) is 15.1 Å². The molecule has 9 nitrogen and oxygen atoms in total. The van der Waals surface area contributed by atoms with E-state index in [2.05, 4.69) is 20.8 Å². The summed E-state index contributed by atoms with van der Waals surface area (Å²) in [4.78, 5) is 27.3. The molecule has 0 spiro atoms. The lowest BCUT2D eigenvalue weighted by Gasteiger charge is -2.24. The van der Waals surface area contributed by atoms with Gasteiger partial charge in [-0.2, -0.15) is 0 Å². The van der Waals surface area contributed by atoms with E-state index in [4.69, 9.17) is 9.47 Å². The van der Waals surface area contributed by atoms with Crippen LogP contribution in [-0.4, -0.2) is 53.8 Å². The lowest BCUT2D eigenvalue weighted by Crippen LogP contribution is -2.45. The van der Waals surface area contributed by atoms with Crippen LogP contribution in [-0.2, 0) is 4.79 Å². The minimum absolute atomic E-state index is 0.286. The van der Waals surface area contributed by atoms with E-state index in [-0.39, 0.29) is 11.9 Å². The summed E-state index contributed by atoms with van der Waals surface area (Å²) in [6.07, 6.45) is 1.31. The van der Waals surface area contributed by atoms with E-state index in [0.29, 0.717) is 40.3 Å². The van der Waals surface area contributed by atoms with E-state index in [1.165, 1.54) is 16.2 Å². The molecular formula is C22H23N5O4S. The molecule has 0 aliphatic carbocycles.